The van der Waals surface area contributed by atoms with E-state index in [-0.39, 0.29) is 0 Å². The van der Waals surface area contributed by atoms with Gasteiger partial charge in [-0.05, 0) is 104 Å². The van der Waals surface area contributed by atoms with Gasteiger partial charge < -0.3 is 0 Å². The van der Waals surface area contributed by atoms with Gasteiger partial charge in [-0.1, -0.05) is 71.8 Å². The van der Waals surface area contributed by atoms with Crippen LogP contribution in [0.25, 0.3) is 0 Å². The van der Waals surface area contributed by atoms with E-state index in [2.05, 4.69) is 59.8 Å². The minimum Gasteiger partial charge on any atom is -0.0852 e. The Morgan fingerprint density at radius 3 is 2.46 bits per heavy atom. The van der Waals surface area contributed by atoms with Crippen LogP contribution in [0.4, 0.5) is 0 Å². The Kier molecular flexibility index (Phi) is 5.65. The molecule has 158 valence electrons. The van der Waals surface area contributed by atoms with Crippen LogP contribution in [0.15, 0.2) is 23.8 Å². The average molecular weight is 383 g/mol. The second-order valence-corrected chi connectivity index (χ2v) is 12.0. The standard InChI is InChI=1S/C28H46/c1-19(2)20(3)10-11-21(4)24-14-15-25-23-13-12-22-9-7-8-17-27(22,5)26(23)16-18-28(24,25)6/h10-12,19-21,23-26H,7-9,13-18H2,1-6H3/b11-10+/t20-,21+,23-,24+,25-,26-,27-,28+/m0/s1. The van der Waals surface area contributed by atoms with Gasteiger partial charge in [-0.15, -0.1) is 0 Å². The Labute approximate surface area is 175 Å². The molecule has 0 amide bonds. The van der Waals surface area contributed by atoms with Crippen molar-refractivity contribution in [2.75, 3.05) is 0 Å². The highest BCUT2D eigenvalue weighted by Crippen LogP contribution is 2.67. The first-order valence-corrected chi connectivity index (χ1v) is 12.6. The van der Waals surface area contributed by atoms with Crippen molar-refractivity contribution in [3.05, 3.63) is 23.8 Å². The minimum atomic E-state index is 0.554. The summed E-state index contributed by atoms with van der Waals surface area (Å²) in [5, 5.41) is 0. The van der Waals surface area contributed by atoms with Crippen molar-refractivity contribution in [2.24, 2.45) is 52.3 Å². The molecule has 0 saturated heterocycles. The first-order valence-electron chi connectivity index (χ1n) is 12.6. The summed E-state index contributed by atoms with van der Waals surface area (Å²) < 4.78 is 0. The van der Waals surface area contributed by atoms with E-state index in [9.17, 15) is 0 Å². The van der Waals surface area contributed by atoms with Gasteiger partial charge in [0.05, 0.1) is 0 Å². The predicted octanol–water partition coefficient (Wildman–Crippen LogP) is 8.44. The SMILES string of the molecule is CC(C)[C@@H](C)/C=C/[C@@H](C)[C@H]1CC[C@H]2[C@@H]3CC=C4CCCC[C@]4(C)[C@H]3CC[C@]12C. The van der Waals surface area contributed by atoms with E-state index >= 15 is 0 Å². The van der Waals surface area contributed by atoms with Gasteiger partial charge in [0.2, 0.25) is 0 Å². The molecule has 0 bridgehead atoms. The molecule has 4 rings (SSSR count). The van der Waals surface area contributed by atoms with Crippen molar-refractivity contribution in [2.45, 2.75) is 99.3 Å². The number of allylic oxidation sites excluding steroid dienone is 4. The lowest BCUT2D eigenvalue weighted by molar-refractivity contribution is -0.0462. The summed E-state index contributed by atoms with van der Waals surface area (Å²) in [4.78, 5) is 0. The molecule has 8 atom stereocenters. The van der Waals surface area contributed by atoms with E-state index in [1.54, 1.807) is 0 Å². The molecule has 3 fully saturated rings. The Morgan fingerprint density at radius 2 is 1.71 bits per heavy atom. The summed E-state index contributed by atoms with van der Waals surface area (Å²) in [7, 11) is 0. The van der Waals surface area contributed by atoms with Crippen LogP contribution in [0, 0.1) is 52.3 Å². The molecular weight excluding hydrogens is 336 g/mol. The van der Waals surface area contributed by atoms with Crippen molar-refractivity contribution in [3.8, 4) is 0 Å². The topological polar surface area (TPSA) is 0 Å². The van der Waals surface area contributed by atoms with Gasteiger partial charge in [0.1, 0.15) is 0 Å². The van der Waals surface area contributed by atoms with Crippen molar-refractivity contribution in [1.29, 1.82) is 0 Å². The third kappa shape index (κ3) is 3.26. The molecule has 0 nitrogen and oxygen atoms in total. The second-order valence-electron chi connectivity index (χ2n) is 12.0. The van der Waals surface area contributed by atoms with Gasteiger partial charge >= 0.3 is 0 Å². The summed E-state index contributed by atoms with van der Waals surface area (Å²) in [5.41, 5.74) is 3.00. The van der Waals surface area contributed by atoms with E-state index in [0.29, 0.717) is 16.7 Å². The Balaban J connectivity index is 1.53. The molecule has 0 aromatic heterocycles. The van der Waals surface area contributed by atoms with E-state index in [1.165, 1.54) is 57.8 Å². The van der Waals surface area contributed by atoms with E-state index in [4.69, 9.17) is 0 Å². The fourth-order valence-electron chi connectivity index (χ4n) is 8.31. The average Bonchev–Trinajstić information content (AvgIpc) is 3.02. The third-order valence-electron chi connectivity index (χ3n) is 10.5. The number of fused-ring (bicyclic) bond motifs is 5. The molecule has 4 aliphatic carbocycles. The van der Waals surface area contributed by atoms with Gasteiger partial charge in [0, 0.05) is 0 Å². The van der Waals surface area contributed by atoms with E-state index < -0.39 is 0 Å². The zero-order valence-corrected chi connectivity index (χ0v) is 19.6. The molecular formula is C28H46. The van der Waals surface area contributed by atoms with Gasteiger partial charge in [-0.25, -0.2) is 0 Å². The van der Waals surface area contributed by atoms with Gasteiger partial charge in [0.15, 0.2) is 0 Å². The third-order valence-corrected chi connectivity index (χ3v) is 10.5. The first kappa shape index (κ1) is 20.7. The molecule has 0 aromatic carbocycles. The maximum absolute atomic E-state index is 2.73. The van der Waals surface area contributed by atoms with Crippen LogP contribution < -0.4 is 0 Å². The summed E-state index contributed by atoms with van der Waals surface area (Å²) in [6, 6.07) is 0. The van der Waals surface area contributed by atoms with Crippen molar-refractivity contribution in [3.63, 3.8) is 0 Å². The zero-order valence-electron chi connectivity index (χ0n) is 19.6. The number of hydrogen-bond donors (Lipinski definition) is 0. The van der Waals surface area contributed by atoms with Gasteiger partial charge in [-0.3, -0.25) is 0 Å². The first-order chi connectivity index (χ1) is 13.3. The summed E-state index contributed by atoms with van der Waals surface area (Å²) in [5.74, 6) is 6.04. The zero-order chi connectivity index (χ0) is 20.1. The van der Waals surface area contributed by atoms with Crippen LogP contribution in [0.5, 0.6) is 0 Å². The highest BCUT2D eigenvalue weighted by atomic mass is 14.6. The fraction of sp³-hybridized carbons (Fsp3) is 0.857. The maximum atomic E-state index is 2.73. The predicted molar refractivity (Wildman–Crippen MR) is 122 cm³/mol. The van der Waals surface area contributed by atoms with Crippen LogP contribution in [-0.2, 0) is 0 Å². The molecule has 0 heterocycles. The van der Waals surface area contributed by atoms with E-state index in [1.807, 2.05) is 5.57 Å². The smallest absolute Gasteiger partial charge is 0.00853 e. The molecule has 0 N–H and O–H groups in total. The quantitative estimate of drug-likeness (QED) is 0.428. The van der Waals surface area contributed by atoms with Crippen molar-refractivity contribution < 1.29 is 0 Å². The Morgan fingerprint density at radius 1 is 0.929 bits per heavy atom. The lowest BCUT2D eigenvalue weighted by Crippen LogP contribution is -2.49. The van der Waals surface area contributed by atoms with Crippen LogP contribution in [0.2, 0.25) is 0 Å². The molecule has 0 heteroatoms. The second kappa shape index (κ2) is 7.63. The van der Waals surface area contributed by atoms with Gasteiger partial charge in [0.25, 0.3) is 0 Å². The monoisotopic (exact) mass is 382 g/mol. The lowest BCUT2D eigenvalue weighted by Gasteiger charge is -2.58. The normalized spacial score (nSPS) is 45.3. The summed E-state index contributed by atoms with van der Waals surface area (Å²) >= 11 is 0. The molecule has 0 aliphatic heterocycles. The number of rotatable bonds is 4. The molecule has 3 saturated carbocycles. The summed E-state index contributed by atoms with van der Waals surface area (Å²) in [6.45, 7) is 15.0. The molecule has 0 radical (unpaired) electrons. The molecule has 28 heavy (non-hydrogen) atoms. The molecule has 4 aliphatic rings. The van der Waals surface area contributed by atoms with Crippen LogP contribution in [0.3, 0.4) is 0 Å². The Bertz CT molecular complexity index is 624. The van der Waals surface area contributed by atoms with Crippen molar-refractivity contribution >= 4 is 0 Å². The highest BCUT2D eigenvalue weighted by Gasteiger charge is 2.58. The Hall–Kier alpha value is -0.520. The maximum Gasteiger partial charge on any atom is -0.00853 e. The largest absolute Gasteiger partial charge is 0.0852 e. The molecule has 0 unspecified atom stereocenters. The molecule has 0 spiro atoms. The van der Waals surface area contributed by atoms with Crippen LogP contribution in [-0.4, -0.2) is 0 Å². The summed E-state index contributed by atoms with van der Waals surface area (Å²) in [6.07, 6.45) is 21.0. The van der Waals surface area contributed by atoms with Gasteiger partial charge in [-0.2, -0.15) is 0 Å². The number of hydrogen-bond acceptors (Lipinski definition) is 0. The van der Waals surface area contributed by atoms with E-state index in [0.717, 1.165) is 35.5 Å². The fourth-order valence-corrected chi connectivity index (χ4v) is 8.31. The lowest BCUT2D eigenvalue weighted by atomic mass is 9.47. The van der Waals surface area contributed by atoms with Crippen LogP contribution >= 0.6 is 0 Å². The molecule has 0 aromatic rings. The highest BCUT2D eigenvalue weighted by molar-refractivity contribution is 5.24. The van der Waals surface area contributed by atoms with Crippen LogP contribution in [0.1, 0.15) is 99.3 Å². The minimum absolute atomic E-state index is 0.554. The van der Waals surface area contributed by atoms with Crippen molar-refractivity contribution in [1.82, 2.24) is 0 Å².